The summed E-state index contributed by atoms with van der Waals surface area (Å²) in [4.78, 5) is 0. The molecule has 3 aliphatic carbocycles. The van der Waals surface area contributed by atoms with Crippen LogP contribution in [0.1, 0.15) is 69.8 Å². The Bertz CT molecular complexity index is 760. The van der Waals surface area contributed by atoms with E-state index < -0.39 is 42.2 Å². The van der Waals surface area contributed by atoms with Crippen LogP contribution in [0.25, 0.3) is 0 Å². The number of hydrogen-bond donors (Lipinski definition) is 0. The van der Waals surface area contributed by atoms with Crippen LogP contribution in [-0.2, 0) is 30.3 Å². The van der Waals surface area contributed by atoms with Crippen LogP contribution in [0.4, 0.5) is 4.39 Å². The zero-order valence-corrected chi connectivity index (χ0v) is 18.0. The molecule has 1 aromatic rings. The quantitative estimate of drug-likeness (QED) is 0.686. The first kappa shape index (κ1) is 20.5. The fraction of sp³-hybridized carbons (Fsp3) is 0.760. The number of rotatable bonds is 3. The lowest BCUT2D eigenvalue weighted by atomic mass is 9.85. The van der Waals surface area contributed by atoms with E-state index in [-0.39, 0.29) is 6.10 Å². The van der Waals surface area contributed by atoms with E-state index in [1.807, 2.05) is 30.3 Å². The Morgan fingerprint density at radius 3 is 1.84 bits per heavy atom. The lowest BCUT2D eigenvalue weighted by Crippen LogP contribution is -2.60. The van der Waals surface area contributed by atoms with Gasteiger partial charge in [0.1, 0.15) is 30.5 Å². The SMILES string of the molecule is F[C@H]1[C@H]2OC3(CCCCC3)O[C@@H]2[C@H]2OC3(CCCCC3)O[C@H]2[C@H]1OCc1ccccc1. The molecule has 0 radical (unpaired) electrons. The highest BCUT2D eigenvalue weighted by molar-refractivity contribution is 5.15. The molecule has 2 saturated heterocycles. The normalized spacial score (nSPS) is 40.7. The van der Waals surface area contributed by atoms with Gasteiger partial charge >= 0.3 is 0 Å². The number of hydrogen-bond acceptors (Lipinski definition) is 5. The predicted molar refractivity (Wildman–Crippen MR) is 111 cm³/mol. The molecule has 5 aliphatic rings. The van der Waals surface area contributed by atoms with Crippen LogP contribution in [0, 0.1) is 0 Å². The number of benzene rings is 1. The molecule has 2 heterocycles. The van der Waals surface area contributed by atoms with Crippen molar-refractivity contribution >= 4 is 0 Å². The van der Waals surface area contributed by atoms with E-state index in [4.69, 9.17) is 23.7 Å². The third-order valence-electron chi connectivity index (χ3n) is 7.84. The summed E-state index contributed by atoms with van der Waals surface area (Å²) in [7, 11) is 0. The highest BCUT2D eigenvalue weighted by atomic mass is 19.1. The monoisotopic (exact) mass is 432 g/mol. The molecule has 0 aromatic heterocycles. The van der Waals surface area contributed by atoms with Gasteiger partial charge in [0.05, 0.1) is 6.61 Å². The van der Waals surface area contributed by atoms with Crippen molar-refractivity contribution in [2.75, 3.05) is 0 Å². The maximum absolute atomic E-state index is 16.0. The van der Waals surface area contributed by atoms with Crippen molar-refractivity contribution in [3.8, 4) is 0 Å². The fourth-order valence-electron chi connectivity index (χ4n) is 6.30. The number of fused-ring (bicyclic) bond motifs is 3. The average molecular weight is 433 g/mol. The Hall–Kier alpha value is -1.05. The van der Waals surface area contributed by atoms with Gasteiger partial charge in [0.15, 0.2) is 17.7 Å². The van der Waals surface area contributed by atoms with E-state index in [0.29, 0.717) is 6.61 Å². The Balaban J connectivity index is 1.28. The lowest BCUT2D eigenvalue weighted by molar-refractivity contribution is -0.224. The standard InChI is InChI=1S/C25H33FO5/c26-18-19(27-16-17-10-4-1-5-11-17)21-23(31-25(29-21)14-8-3-9-15-25)22-20(18)28-24(30-22)12-6-2-7-13-24/h1,4-5,10-11,18-23H,2-3,6-9,12-16H2/t18-,19+,20-,21+,22+,23+/m1/s1. The summed E-state index contributed by atoms with van der Waals surface area (Å²) < 4.78 is 48.2. The highest BCUT2D eigenvalue weighted by Gasteiger charge is 2.67. The molecule has 0 amide bonds. The first-order valence-electron chi connectivity index (χ1n) is 12.2. The Morgan fingerprint density at radius 2 is 1.23 bits per heavy atom. The van der Waals surface area contributed by atoms with Crippen molar-refractivity contribution in [2.45, 2.75) is 119 Å². The van der Waals surface area contributed by atoms with Gasteiger partial charge in [-0.3, -0.25) is 0 Å². The highest BCUT2D eigenvalue weighted by Crippen LogP contribution is 2.52. The van der Waals surface area contributed by atoms with Gasteiger partial charge in [0, 0.05) is 25.7 Å². The van der Waals surface area contributed by atoms with Crippen LogP contribution in [0.5, 0.6) is 0 Å². The average Bonchev–Trinajstić information content (AvgIpc) is 3.34. The molecular weight excluding hydrogens is 399 g/mol. The first-order chi connectivity index (χ1) is 15.2. The van der Waals surface area contributed by atoms with Gasteiger partial charge in [-0.15, -0.1) is 0 Å². The molecule has 3 saturated carbocycles. The van der Waals surface area contributed by atoms with Crippen LogP contribution in [0.15, 0.2) is 30.3 Å². The molecule has 0 bridgehead atoms. The number of ether oxygens (including phenoxy) is 5. The first-order valence-corrected chi connectivity index (χ1v) is 12.2. The zero-order chi connectivity index (χ0) is 20.9. The van der Waals surface area contributed by atoms with Gasteiger partial charge in [-0.25, -0.2) is 4.39 Å². The summed E-state index contributed by atoms with van der Waals surface area (Å²) in [5.41, 5.74) is 1.02. The van der Waals surface area contributed by atoms with Gasteiger partial charge in [-0.05, 0) is 31.2 Å². The third kappa shape index (κ3) is 3.65. The maximum atomic E-state index is 16.0. The Morgan fingerprint density at radius 1 is 0.710 bits per heavy atom. The number of alkyl halides is 1. The van der Waals surface area contributed by atoms with Gasteiger partial charge < -0.3 is 23.7 Å². The van der Waals surface area contributed by atoms with E-state index in [1.54, 1.807) is 0 Å². The van der Waals surface area contributed by atoms with Crippen molar-refractivity contribution in [1.82, 2.24) is 0 Å². The molecule has 6 heteroatoms. The summed E-state index contributed by atoms with van der Waals surface area (Å²) in [5, 5.41) is 0. The van der Waals surface area contributed by atoms with Crippen LogP contribution in [0.2, 0.25) is 0 Å². The van der Waals surface area contributed by atoms with E-state index in [0.717, 1.165) is 56.9 Å². The molecule has 2 aliphatic heterocycles. The van der Waals surface area contributed by atoms with Crippen LogP contribution < -0.4 is 0 Å². The van der Waals surface area contributed by atoms with E-state index >= 15 is 4.39 Å². The second kappa shape index (κ2) is 8.07. The van der Waals surface area contributed by atoms with Crippen molar-refractivity contribution in [3.63, 3.8) is 0 Å². The van der Waals surface area contributed by atoms with E-state index in [9.17, 15) is 0 Å². The van der Waals surface area contributed by atoms with Gasteiger partial charge in [-0.1, -0.05) is 43.2 Å². The minimum atomic E-state index is -1.31. The molecule has 0 N–H and O–H groups in total. The molecule has 5 nitrogen and oxygen atoms in total. The van der Waals surface area contributed by atoms with E-state index in [1.165, 1.54) is 12.8 Å². The van der Waals surface area contributed by atoms with Crippen molar-refractivity contribution in [2.24, 2.45) is 0 Å². The molecule has 0 unspecified atom stereocenters. The lowest BCUT2D eigenvalue weighted by Gasteiger charge is -2.39. The molecule has 5 fully saturated rings. The van der Waals surface area contributed by atoms with Crippen LogP contribution in [0.3, 0.4) is 0 Å². The van der Waals surface area contributed by atoms with Crippen molar-refractivity contribution < 1.29 is 28.1 Å². The summed E-state index contributed by atoms with van der Waals surface area (Å²) in [6.07, 6.45) is 6.03. The van der Waals surface area contributed by atoms with E-state index in [2.05, 4.69) is 0 Å². The second-order valence-corrected chi connectivity index (χ2v) is 9.98. The van der Waals surface area contributed by atoms with Gasteiger partial charge in [-0.2, -0.15) is 0 Å². The molecule has 1 aromatic carbocycles. The van der Waals surface area contributed by atoms with Crippen molar-refractivity contribution in [3.05, 3.63) is 35.9 Å². The Kier molecular flexibility index (Phi) is 5.35. The molecule has 31 heavy (non-hydrogen) atoms. The fourth-order valence-corrected chi connectivity index (χ4v) is 6.30. The summed E-state index contributed by atoms with van der Waals surface area (Å²) in [6.45, 7) is 0.342. The smallest absolute Gasteiger partial charge is 0.169 e. The minimum absolute atomic E-state index is 0.342. The van der Waals surface area contributed by atoms with Crippen LogP contribution >= 0.6 is 0 Å². The third-order valence-corrected chi connectivity index (χ3v) is 7.84. The minimum Gasteiger partial charge on any atom is -0.368 e. The molecule has 6 rings (SSSR count). The van der Waals surface area contributed by atoms with Gasteiger partial charge in [0.2, 0.25) is 0 Å². The molecule has 6 atom stereocenters. The van der Waals surface area contributed by atoms with Gasteiger partial charge in [0.25, 0.3) is 0 Å². The topological polar surface area (TPSA) is 46.2 Å². The number of halogens is 1. The maximum Gasteiger partial charge on any atom is 0.169 e. The zero-order valence-electron chi connectivity index (χ0n) is 18.0. The molecule has 2 spiro atoms. The summed E-state index contributed by atoms with van der Waals surface area (Å²) in [5.74, 6) is -1.29. The second-order valence-electron chi connectivity index (χ2n) is 9.98. The molecule has 170 valence electrons. The van der Waals surface area contributed by atoms with Crippen LogP contribution in [-0.4, -0.2) is 48.3 Å². The molecular formula is C25H33FO5. The largest absolute Gasteiger partial charge is 0.368 e. The summed E-state index contributed by atoms with van der Waals surface area (Å²) >= 11 is 0. The predicted octanol–water partition coefficient (Wildman–Crippen LogP) is 4.81. The summed E-state index contributed by atoms with van der Waals surface area (Å²) in [6, 6.07) is 9.90. The Labute approximate surface area is 183 Å². The van der Waals surface area contributed by atoms with Crippen molar-refractivity contribution in [1.29, 1.82) is 0 Å².